The first-order valence-electron chi connectivity index (χ1n) is 3.11. The topological polar surface area (TPSA) is 87.2 Å². The molecule has 0 saturated carbocycles. The van der Waals surface area contributed by atoms with Gasteiger partial charge in [-0.25, -0.2) is 4.68 Å². The van der Waals surface area contributed by atoms with E-state index in [1.54, 1.807) is 14.0 Å². The van der Waals surface area contributed by atoms with E-state index in [2.05, 4.69) is 14.4 Å². The normalized spacial score (nSPS) is 11.6. The maximum Gasteiger partial charge on any atom is 0.381 e. The molecule has 1 rings (SSSR count). The van der Waals surface area contributed by atoms with Crippen molar-refractivity contribution in [2.45, 2.75) is 6.92 Å². The van der Waals surface area contributed by atoms with Crippen LogP contribution in [0.2, 0.25) is 0 Å². The highest BCUT2D eigenvalue weighted by atomic mass is 32.2. The maximum absolute atomic E-state index is 10.5. The summed E-state index contributed by atoms with van der Waals surface area (Å²) in [5.74, 6) is 0.137. The molecular weight excluding hydrogens is 182 g/mol. The van der Waals surface area contributed by atoms with E-state index in [9.17, 15) is 8.42 Å². The molecule has 0 bridgehead atoms. The molecule has 0 fully saturated rings. The van der Waals surface area contributed by atoms with Gasteiger partial charge < -0.3 is 4.18 Å². The van der Waals surface area contributed by atoms with Crippen LogP contribution in [0.15, 0.2) is 6.20 Å². The Morgan fingerprint density at radius 3 is 2.58 bits per heavy atom. The lowest BCUT2D eigenvalue weighted by atomic mass is 10.4. The Hall–Kier alpha value is -1.08. The van der Waals surface area contributed by atoms with Gasteiger partial charge in [0.2, 0.25) is 5.88 Å². The standard InChI is InChI=1S/C5H9N3O3S/c1-4-3-7-8(2)5(4)11-12(6,9)10/h3H,1-2H3,(H2,6,9,10). The summed E-state index contributed by atoms with van der Waals surface area (Å²) in [6.07, 6.45) is 1.49. The van der Waals surface area contributed by atoms with Crippen LogP contribution in [0.1, 0.15) is 5.56 Å². The fourth-order valence-corrected chi connectivity index (χ4v) is 1.23. The second kappa shape index (κ2) is 2.76. The fourth-order valence-electron chi connectivity index (χ4n) is 0.766. The van der Waals surface area contributed by atoms with Crippen LogP contribution in [0.3, 0.4) is 0 Å². The Labute approximate surface area is 70.2 Å². The van der Waals surface area contributed by atoms with E-state index in [1.807, 2.05) is 0 Å². The first-order chi connectivity index (χ1) is 5.40. The molecule has 0 aliphatic rings. The van der Waals surface area contributed by atoms with Gasteiger partial charge in [0.05, 0.1) is 6.20 Å². The van der Waals surface area contributed by atoms with Gasteiger partial charge >= 0.3 is 10.3 Å². The minimum Gasteiger partial charge on any atom is -0.350 e. The van der Waals surface area contributed by atoms with Crippen molar-refractivity contribution in [3.63, 3.8) is 0 Å². The van der Waals surface area contributed by atoms with Crippen molar-refractivity contribution in [1.82, 2.24) is 9.78 Å². The summed E-state index contributed by atoms with van der Waals surface area (Å²) in [7, 11) is -2.39. The Morgan fingerprint density at radius 2 is 2.25 bits per heavy atom. The highest BCUT2D eigenvalue weighted by Gasteiger charge is 2.11. The SMILES string of the molecule is Cc1cnn(C)c1OS(N)(=O)=O. The van der Waals surface area contributed by atoms with Crippen molar-refractivity contribution in [3.05, 3.63) is 11.8 Å². The monoisotopic (exact) mass is 191 g/mol. The summed E-state index contributed by atoms with van der Waals surface area (Å²) in [5, 5.41) is 8.45. The molecule has 1 aromatic heterocycles. The molecule has 0 spiro atoms. The van der Waals surface area contributed by atoms with Crippen molar-refractivity contribution < 1.29 is 12.6 Å². The lowest BCUT2D eigenvalue weighted by Gasteiger charge is -2.02. The van der Waals surface area contributed by atoms with Crippen LogP contribution in [0, 0.1) is 6.92 Å². The fraction of sp³-hybridized carbons (Fsp3) is 0.400. The molecule has 0 atom stereocenters. The number of aryl methyl sites for hydroxylation is 2. The first-order valence-corrected chi connectivity index (χ1v) is 4.58. The van der Waals surface area contributed by atoms with E-state index in [0.29, 0.717) is 5.56 Å². The zero-order chi connectivity index (χ0) is 9.35. The lowest BCUT2D eigenvalue weighted by Crippen LogP contribution is -2.20. The van der Waals surface area contributed by atoms with Gasteiger partial charge in [0.25, 0.3) is 0 Å². The first kappa shape index (κ1) is 9.01. The van der Waals surface area contributed by atoms with E-state index in [4.69, 9.17) is 0 Å². The molecule has 0 aromatic carbocycles. The van der Waals surface area contributed by atoms with Gasteiger partial charge in [0.1, 0.15) is 0 Å². The van der Waals surface area contributed by atoms with Crippen LogP contribution in [-0.2, 0) is 17.4 Å². The number of aromatic nitrogens is 2. The second-order valence-electron chi connectivity index (χ2n) is 2.33. The summed E-state index contributed by atoms with van der Waals surface area (Å²) in [4.78, 5) is 0. The molecule has 12 heavy (non-hydrogen) atoms. The molecule has 6 nitrogen and oxygen atoms in total. The Morgan fingerprint density at radius 1 is 1.67 bits per heavy atom. The molecule has 1 aromatic rings. The highest BCUT2D eigenvalue weighted by molar-refractivity contribution is 7.84. The van der Waals surface area contributed by atoms with Crippen molar-refractivity contribution in [1.29, 1.82) is 0 Å². The van der Waals surface area contributed by atoms with Crippen molar-refractivity contribution in [2.24, 2.45) is 12.2 Å². The molecule has 0 aliphatic carbocycles. The van der Waals surface area contributed by atoms with E-state index in [0.717, 1.165) is 0 Å². The van der Waals surface area contributed by atoms with E-state index >= 15 is 0 Å². The summed E-state index contributed by atoms with van der Waals surface area (Å²) in [5.41, 5.74) is 0.617. The van der Waals surface area contributed by atoms with E-state index in [1.165, 1.54) is 10.9 Å². The third-order valence-electron chi connectivity index (χ3n) is 1.25. The van der Waals surface area contributed by atoms with Gasteiger partial charge in [-0.1, -0.05) is 0 Å². The highest BCUT2D eigenvalue weighted by Crippen LogP contribution is 2.15. The number of nitrogens with zero attached hydrogens (tertiary/aromatic N) is 2. The Bertz CT molecular complexity index is 361. The van der Waals surface area contributed by atoms with Crippen LogP contribution >= 0.6 is 0 Å². The van der Waals surface area contributed by atoms with Crippen molar-refractivity contribution >= 4 is 10.3 Å². The molecular formula is C5H9N3O3S. The van der Waals surface area contributed by atoms with Gasteiger partial charge in [-0.05, 0) is 6.92 Å². The minimum atomic E-state index is -3.95. The largest absolute Gasteiger partial charge is 0.381 e. The number of nitrogens with two attached hydrogens (primary N) is 1. The average Bonchev–Trinajstić information content (AvgIpc) is 2.16. The van der Waals surface area contributed by atoms with Crippen LogP contribution in [0.25, 0.3) is 0 Å². The van der Waals surface area contributed by atoms with Crippen LogP contribution in [-0.4, -0.2) is 18.2 Å². The zero-order valence-electron chi connectivity index (χ0n) is 6.68. The molecule has 0 unspecified atom stereocenters. The quantitative estimate of drug-likeness (QED) is 0.670. The predicted octanol–water partition coefficient (Wildman–Crippen LogP) is -0.689. The minimum absolute atomic E-state index is 0.137. The van der Waals surface area contributed by atoms with E-state index in [-0.39, 0.29) is 5.88 Å². The molecule has 7 heteroatoms. The van der Waals surface area contributed by atoms with Crippen LogP contribution in [0.4, 0.5) is 0 Å². The number of hydrogen-bond acceptors (Lipinski definition) is 4. The summed E-state index contributed by atoms with van der Waals surface area (Å²) >= 11 is 0. The van der Waals surface area contributed by atoms with Crippen molar-refractivity contribution in [2.75, 3.05) is 0 Å². The molecule has 0 saturated heterocycles. The summed E-state index contributed by atoms with van der Waals surface area (Å²) < 4.78 is 26.8. The molecule has 1 heterocycles. The Balaban J connectivity index is 3.04. The van der Waals surface area contributed by atoms with Gasteiger partial charge in [0.15, 0.2) is 0 Å². The molecule has 2 N–H and O–H groups in total. The van der Waals surface area contributed by atoms with Gasteiger partial charge in [0, 0.05) is 12.6 Å². The van der Waals surface area contributed by atoms with Crippen LogP contribution in [0.5, 0.6) is 5.88 Å². The Kier molecular flexibility index (Phi) is 2.07. The van der Waals surface area contributed by atoms with Gasteiger partial charge in [-0.3, -0.25) is 0 Å². The van der Waals surface area contributed by atoms with Gasteiger partial charge in [-0.15, -0.1) is 0 Å². The molecule has 0 radical (unpaired) electrons. The summed E-state index contributed by atoms with van der Waals surface area (Å²) in [6, 6.07) is 0. The average molecular weight is 191 g/mol. The van der Waals surface area contributed by atoms with Crippen molar-refractivity contribution in [3.8, 4) is 5.88 Å². The number of rotatable bonds is 2. The van der Waals surface area contributed by atoms with Crippen LogP contribution < -0.4 is 9.32 Å². The smallest absolute Gasteiger partial charge is 0.350 e. The third-order valence-corrected chi connectivity index (χ3v) is 1.64. The molecule has 0 aliphatic heterocycles. The number of hydrogen-bond donors (Lipinski definition) is 1. The predicted molar refractivity (Wildman–Crippen MR) is 41.7 cm³/mol. The lowest BCUT2D eigenvalue weighted by molar-refractivity contribution is 0.454. The van der Waals surface area contributed by atoms with Gasteiger partial charge in [-0.2, -0.15) is 18.7 Å². The molecule has 0 amide bonds. The van der Waals surface area contributed by atoms with E-state index < -0.39 is 10.3 Å². The summed E-state index contributed by atoms with van der Waals surface area (Å²) in [6.45, 7) is 1.67. The maximum atomic E-state index is 10.5. The molecule has 68 valence electrons. The zero-order valence-corrected chi connectivity index (χ0v) is 7.50. The second-order valence-corrected chi connectivity index (χ2v) is 3.48. The third kappa shape index (κ3) is 1.95.